The van der Waals surface area contributed by atoms with Gasteiger partial charge in [-0.15, -0.1) is 16.9 Å². The molecule has 3 aromatic carbocycles. The quantitative estimate of drug-likeness (QED) is 0.245. The molecule has 5 rings (SSSR count). The predicted octanol–water partition coefficient (Wildman–Crippen LogP) is 4.97. The first-order valence-corrected chi connectivity index (χ1v) is 10.6. The third-order valence-electron chi connectivity index (χ3n) is 4.87. The number of anilines is 1. The number of carbonyl (C=O) groups excluding carboxylic acids is 1. The van der Waals surface area contributed by atoms with E-state index in [-0.39, 0.29) is 17.5 Å². The normalized spacial score (nSPS) is 11.1. The van der Waals surface area contributed by atoms with Gasteiger partial charge in [0.05, 0.1) is 5.56 Å². The van der Waals surface area contributed by atoms with E-state index >= 15 is 0 Å². The molecule has 2 aromatic heterocycles. The Hall–Kier alpha value is -3.91. The van der Waals surface area contributed by atoms with Gasteiger partial charge in [-0.05, 0) is 41.3 Å². The number of thioether (sulfide) groups is 1. The van der Waals surface area contributed by atoms with Crippen molar-refractivity contribution in [1.29, 1.82) is 0 Å². The molecule has 0 saturated heterocycles. The SMILES string of the molecule is CSc1ccccc1-c1nnc(NC(=O)c2cc3c(ccc4ccccc43)oc2=O)o1. The molecule has 5 aromatic rings. The lowest BCUT2D eigenvalue weighted by atomic mass is 10.0. The highest BCUT2D eigenvalue weighted by molar-refractivity contribution is 7.98. The Morgan fingerprint density at radius 2 is 1.74 bits per heavy atom. The van der Waals surface area contributed by atoms with Crippen LogP contribution in [-0.4, -0.2) is 22.4 Å². The van der Waals surface area contributed by atoms with Gasteiger partial charge in [0.15, 0.2) is 0 Å². The smallest absolute Gasteiger partial charge is 0.349 e. The molecule has 0 bridgehead atoms. The number of carbonyl (C=O) groups is 1. The fourth-order valence-corrected chi connectivity index (χ4v) is 3.99. The van der Waals surface area contributed by atoms with Crippen LogP contribution in [0.4, 0.5) is 6.01 Å². The van der Waals surface area contributed by atoms with Crippen LogP contribution in [0, 0.1) is 0 Å². The number of nitrogens with zero attached hydrogens (tertiary/aromatic N) is 2. The number of benzene rings is 3. The molecule has 0 spiro atoms. The summed E-state index contributed by atoms with van der Waals surface area (Å²) >= 11 is 1.55. The number of amides is 1. The van der Waals surface area contributed by atoms with Gasteiger partial charge in [0.25, 0.3) is 11.8 Å². The second-order valence-corrected chi connectivity index (χ2v) is 7.56. The molecule has 31 heavy (non-hydrogen) atoms. The largest absolute Gasteiger partial charge is 0.422 e. The molecule has 0 radical (unpaired) electrons. The molecule has 0 aliphatic rings. The summed E-state index contributed by atoms with van der Waals surface area (Å²) in [6.45, 7) is 0. The Labute approximate surface area is 180 Å². The summed E-state index contributed by atoms with van der Waals surface area (Å²) in [5.74, 6) is -0.409. The van der Waals surface area contributed by atoms with Crippen LogP contribution in [0.25, 0.3) is 33.2 Å². The minimum absolute atomic E-state index is 0.103. The third-order valence-corrected chi connectivity index (χ3v) is 5.67. The monoisotopic (exact) mass is 429 g/mol. The molecule has 0 saturated carbocycles. The minimum atomic E-state index is -0.743. The topological polar surface area (TPSA) is 98.2 Å². The van der Waals surface area contributed by atoms with Crippen molar-refractivity contribution in [3.8, 4) is 11.5 Å². The van der Waals surface area contributed by atoms with Gasteiger partial charge in [0.2, 0.25) is 0 Å². The number of fused-ring (bicyclic) bond motifs is 3. The maximum atomic E-state index is 12.8. The van der Waals surface area contributed by atoms with Gasteiger partial charge in [-0.3, -0.25) is 10.1 Å². The molecule has 152 valence electrons. The fraction of sp³-hybridized carbons (Fsp3) is 0.0435. The third kappa shape index (κ3) is 3.47. The lowest BCUT2D eigenvalue weighted by Crippen LogP contribution is -2.20. The summed E-state index contributed by atoms with van der Waals surface area (Å²) in [6.07, 6.45) is 1.95. The van der Waals surface area contributed by atoms with Crippen LogP contribution in [0.2, 0.25) is 0 Å². The maximum Gasteiger partial charge on any atom is 0.349 e. The summed E-state index contributed by atoms with van der Waals surface area (Å²) < 4.78 is 11.0. The maximum absolute atomic E-state index is 12.8. The van der Waals surface area contributed by atoms with Crippen LogP contribution in [0.1, 0.15) is 10.4 Å². The summed E-state index contributed by atoms with van der Waals surface area (Å²) in [6, 6.07) is 20.2. The van der Waals surface area contributed by atoms with E-state index in [1.165, 1.54) is 6.07 Å². The van der Waals surface area contributed by atoms with Crippen LogP contribution in [0.5, 0.6) is 0 Å². The first kappa shape index (κ1) is 19.1. The Morgan fingerprint density at radius 1 is 0.935 bits per heavy atom. The molecule has 0 atom stereocenters. The van der Waals surface area contributed by atoms with Crippen molar-refractivity contribution < 1.29 is 13.6 Å². The zero-order valence-corrected chi connectivity index (χ0v) is 17.1. The highest BCUT2D eigenvalue weighted by Crippen LogP contribution is 2.30. The van der Waals surface area contributed by atoms with Crippen molar-refractivity contribution in [2.75, 3.05) is 11.6 Å². The Bertz CT molecular complexity index is 1510. The van der Waals surface area contributed by atoms with Crippen molar-refractivity contribution in [3.05, 3.63) is 82.7 Å². The van der Waals surface area contributed by atoms with Gasteiger partial charge in [-0.2, -0.15) is 0 Å². The predicted molar refractivity (Wildman–Crippen MR) is 119 cm³/mol. The van der Waals surface area contributed by atoms with E-state index in [4.69, 9.17) is 8.83 Å². The molecule has 0 unspecified atom stereocenters. The molecule has 1 amide bonds. The minimum Gasteiger partial charge on any atom is -0.422 e. The summed E-state index contributed by atoms with van der Waals surface area (Å²) in [5.41, 5.74) is 0.287. The van der Waals surface area contributed by atoms with Crippen LogP contribution < -0.4 is 10.9 Å². The molecule has 0 fully saturated rings. The van der Waals surface area contributed by atoms with Gasteiger partial charge in [0.1, 0.15) is 11.1 Å². The molecular weight excluding hydrogens is 414 g/mol. The summed E-state index contributed by atoms with van der Waals surface area (Å²) in [7, 11) is 0. The first-order valence-electron chi connectivity index (χ1n) is 9.38. The number of nitrogens with one attached hydrogen (secondary N) is 1. The Balaban J connectivity index is 1.50. The van der Waals surface area contributed by atoms with Crippen LogP contribution in [0.3, 0.4) is 0 Å². The van der Waals surface area contributed by atoms with E-state index in [0.717, 1.165) is 21.2 Å². The highest BCUT2D eigenvalue weighted by atomic mass is 32.2. The van der Waals surface area contributed by atoms with Crippen molar-refractivity contribution in [2.24, 2.45) is 0 Å². The van der Waals surface area contributed by atoms with Gasteiger partial charge in [0, 0.05) is 10.3 Å². The van der Waals surface area contributed by atoms with Crippen molar-refractivity contribution in [1.82, 2.24) is 10.2 Å². The summed E-state index contributed by atoms with van der Waals surface area (Å²) in [4.78, 5) is 26.2. The average Bonchev–Trinajstić information content (AvgIpc) is 3.26. The zero-order chi connectivity index (χ0) is 21.4. The second-order valence-electron chi connectivity index (χ2n) is 6.71. The first-order chi connectivity index (χ1) is 15.1. The van der Waals surface area contributed by atoms with Gasteiger partial charge in [-0.1, -0.05) is 47.6 Å². The fourth-order valence-electron chi connectivity index (χ4n) is 3.40. The van der Waals surface area contributed by atoms with Crippen molar-refractivity contribution >= 4 is 45.4 Å². The molecule has 7 nitrogen and oxygen atoms in total. The standard InChI is InChI=1S/C23H15N3O4S/c1-31-19-9-5-4-8-15(19)21-25-26-23(30-21)24-20(27)17-12-16-14-7-3-2-6-13(14)10-11-18(16)29-22(17)28/h2-12H,1H3,(H,24,26,27). The molecule has 8 heteroatoms. The molecular formula is C23H15N3O4S. The average molecular weight is 429 g/mol. The van der Waals surface area contributed by atoms with E-state index < -0.39 is 11.5 Å². The molecule has 2 heterocycles. The van der Waals surface area contributed by atoms with E-state index in [0.29, 0.717) is 11.0 Å². The highest BCUT2D eigenvalue weighted by Gasteiger charge is 2.19. The van der Waals surface area contributed by atoms with Crippen molar-refractivity contribution in [3.63, 3.8) is 0 Å². The number of hydrogen-bond acceptors (Lipinski definition) is 7. The van der Waals surface area contributed by atoms with E-state index in [1.54, 1.807) is 17.8 Å². The van der Waals surface area contributed by atoms with Gasteiger partial charge in [-0.25, -0.2) is 4.79 Å². The molecule has 1 N–H and O–H groups in total. The van der Waals surface area contributed by atoms with Crippen LogP contribution >= 0.6 is 11.8 Å². The number of aromatic nitrogens is 2. The number of rotatable bonds is 4. The Morgan fingerprint density at radius 3 is 2.61 bits per heavy atom. The second kappa shape index (κ2) is 7.73. The van der Waals surface area contributed by atoms with E-state index in [1.807, 2.05) is 60.9 Å². The van der Waals surface area contributed by atoms with Crippen LogP contribution in [0.15, 0.2) is 85.3 Å². The van der Waals surface area contributed by atoms with Gasteiger partial charge < -0.3 is 8.83 Å². The van der Waals surface area contributed by atoms with Gasteiger partial charge >= 0.3 is 11.6 Å². The Kier molecular flexibility index (Phi) is 4.76. The molecule has 0 aliphatic carbocycles. The summed E-state index contributed by atoms with van der Waals surface area (Å²) in [5, 5.41) is 12.9. The van der Waals surface area contributed by atoms with Crippen LogP contribution in [-0.2, 0) is 0 Å². The van der Waals surface area contributed by atoms with E-state index in [9.17, 15) is 9.59 Å². The van der Waals surface area contributed by atoms with E-state index in [2.05, 4.69) is 15.5 Å². The van der Waals surface area contributed by atoms with Crippen molar-refractivity contribution in [2.45, 2.75) is 4.90 Å². The zero-order valence-electron chi connectivity index (χ0n) is 16.3. The number of hydrogen-bond donors (Lipinski definition) is 1. The lowest BCUT2D eigenvalue weighted by molar-refractivity contribution is 0.102. The molecule has 0 aliphatic heterocycles. The lowest BCUT2D eigenvalue weighted by Gasteiger charge is -2.05.